The number of carbonyl (C=O) groups excluding carboxylic acids is 1. The van der Waals surface area contributed by atoms with Crippen LogP contribution in [0.5, 0.6) is 0 Å². The number of urea groups is 1. The van der Waals surface area contributed by atoms with Crippen LogP contribution in [-0.2, 0) is 4.74 Å². The van der Waals surface area contributed by atoms with Crippen LogP contribution in [0, 0.1) is 0 Å². The van der Waals surface area contributed by atoms with E-state index < -0.39 is 0 Å². The summed E-state index contributed by atoms with van der Waals surface area (Å²) in [6.45, 7) is 8.15. The zero-order valence-electron chi connectivity index (χ0n) is 12.7. The molecule has 0 unspecified atom stereocenters. The van der Waals surface area contributed by atoms with E-state index in [0.29, 0.717) is 24.3 Å². The molecule has 2 amide bonds. The standard InChI is InChI=1S/C15H27N3O2/c1-11-8-17(9-12(2)20-11)10-14-4-3-7-18(14)15(19)16-13-5-6-13/h11-14H,3-10H2,1-2H3,(H,16,19)/t11-,12+,14-/m0/s1. The van der Waals surface area contributed by atoms with E-state index >= 15 is 0 Å². The van der Waals surface area contributed by atoms with Gasteiger partial charge < -0.3 is 15.0 Å². The van der Waals surface area contributed by atoms with E-state index in [0.717, 1.165) is 51.9 Å². The Balaban J connectivity index is 1.53. The SMILES string of the molecule is C[C@@H]1CN(C[C@@H]2CCCN2C(=O)NC2CC2)C[C@H](C)O1. The first-order chi connectivity index (χ1) is 9.61. The molecule has 0 spiro atoms. The zero-order chi connectivity index (χ0) is 14.1. The first-order valence-corrected chi connectivity index (χ1v) is 8.07. The van der Waals surface area contributed by atoms with Gasteiger partial charge in [-0.3, -0.25) is 4.90 Å². The molecular formula is C15H27N3O2. The fourth-order valence-corrected chi connectivity index (χ4v) is 3.51. The number of likely N-dealkylation sites (tertiary alicyclic amines) is 1. The minimum Gasteiger partial charge on any atom is -0.373 e. The second-order valence-electron chi connectivity index (χ2n) is 6.69. The number of amides is 2. The Labute approximate surface area is 121 Å². The molecule has 0 aromatic heterocycles. The third-order valence-corrected chi connectivity index (χ3v) is 4.51. The third-order valence-electron chi connectivity index (χ3n) is 4.51. The first kappa shape index (κ1) is 14.1. The van der Waals surface area contributed by atoms with Crippen LogP contribution in [-0.4, -0.2) is 66.3 Å². The molecule has 1 N–H and O–H groups in total. The van der Waals surface area contributed by atoms with Crippen molar-refractivity contribution in [3.05, 3.63) is 0 Å². The lowest BCUT2D eigenvalue weighted by Crippen LogP contribution is -2.52. The second-order valence-corrected chi connectivity index (χ2v) is 6.69. The fourth-order valence-electron chi connectivity index (χ4n) is 3.51. The molecule has 5 nitrogen and oxygen atoms in total. The molecule has 0 bridgehead atoms. The van der Waals surface area contributed by atoms with Crippen molar-refractivity contribution >= 4 is 6.03 Å². The van der Waals surface area contributed by atoms with Gasteiger partial charge in [0, 0.05) is 38.3 Å². The largest absolute Gasteiger partial charge is 0.373 e. The second kappa shape index (κ2) is 5.90. The average Bonchev–Trinajstić information content (AvgIpc) is 3.05. The van der Waals surface area contributed by atoms with E-state index in [4.69, 9.17) is 4.74 Å². The highest BCUT2D eigenvalue weighted by Crippen LogP contribution is 2.23. The topological polar surface area (TPSA) is 44.8 Å². The van der Waals surface area contributed by atoms with Gasteiger partial charge in [-0.05, 0) is 39.5 Å². The number of hydrogen-bond donors (Lipinski definition) is 1. The molecule has 0 radical (unpaired) electrons. The molecule has 3 aliphatic rings. The van der Waals surface area contributed by atoms with Crippen molar-refractivity contribution < 1.29 is 9.53 Å². The molecular weight excluding hydrogens is 254 g/mol. The Bertz CT molecular complexity index is 349. The van der Waals surface area contributed by atoms with Crippen molar-refractivity contribution in [2.75, 3.05) is 26.2 Å². The van der Waals surface area contributed by atoms with Crippen molar-refractivity contribution in [2.24, 2.45) is 0 Å². The molecule has 0 aromatic rings. The number of nitrogens with zero attached hydrogens (tertiary/aromatic N) is 2. The highest BCUT2D eigenvalue weighted by atomic mass is 16.5. The highest BCUT2D eigenvalue weighted by molar-refractivity contribution is 5.75. The van der Waals surface area contributed by atoms with Crippen LogP contribution >= 0.6 is 0 Å². The molecule has 3 rings (SSSR count). The van der Waals surface area contributed by atoms with Crippen molar-refractivity contribution in [3.8, 4) is 0 Å². The van der Waals surface area contributed by atoms with Crippen LogP contribution in [0.1, 0.15) is 39.5 Å². The van der Waals surface area contributed by atoms with Gasteiger partial charge in [-0.1, -0.05) is 0 Å². The van der Waals surface area contributed by atoms with E-state index in [1.807, 2.05) is 0 Å². The van der Waals surface area contributed by atoms with E-state index in [1.54, 1.807) is 0 Å². The van der Waals surface area contributed by atoms with Crippen LogP contribution in [0.2, 0.25) is 0 Å². The van der Waals surface area contributed by atoms with Crippen LogP contribution in [0.3, 0.4) is 0 Å². The molecule has 2 heterocycles. The van der Waals surface area contributed by atoms with Gasteiger partial charge in [-0.2, -0.15) is 0 Å². The normalized spacial score (nSPS) is 35.3. The summed E-state index contributed by atoms with van der Waals surface area (Å²) in [4.78, 5) is 16.8. The average molecular weight is 281 g/mol. The Morgan fingerprint density at radius 1 is 1.20 bits per heavy atom. The van der Waals surface area contributed by atoms with Gasteiger partial charge in [0.1, 0.15) is 0 Å². The molecule has 2 aliphatic heterocycles. The summed E-state index contributed by atoms with van der Waals surface area (Å²) in [5.41, 5.74) is 0. The first-order valence-electron chi connectivity index (χ1n) is 8.07. The Hall–Kier alpha value is -0.810. The maximum atomic E-state index is 12.2. The van der Waals surface area contributed by atoms with Gasteiger partial charge in [-0.25, -0.2) is 4.79 Å². The predicted molar refractivity (Wildman–Crippen MR) is 77.7 cm³/mol. The predicted octanol–water partition coefficient (Wildman–Crippen LogP) is 1.43. The van der Waals surface area contributed by atoms with Crippen LogP contribution in [0.15, 0.2) is 0 Å². The van der Waals surface area contributed by atoms with Crippen molar-refractivity contribution in [2.45, 2.75) is 63.8 Å². The Morgan fingerprint density at radius 3 is 2.55 bits per heavy atom. The summed E-state index contributed by atoms with van der Waals surface area (Å²) in [7, 11) is 0. The lowest BCUT2D eigenvalue weighted by molar-refractivity contribution is -0.0713. The fraction of sp³-hybridized carbons (Fsp3) is 0.933. The Kier molecular flexibility index (Phi) is 4.17. The molecule has 20 heavy (non-hydrogen) atoms. The van der Waals surface area contributed by atoms with Gasteiger partial charge >= 0.3 is 6.03 Å². The van der Waals surface area contributed by atoms with Gasteiger partial charge in [0.25, 0.3) is 0 Å². The number of nitrogens with one attached hydrogen (secondary N) is 1. The van der Waals surface area contributed by atoms with Crippen molar-refractivity contribution in [1.29, 1.82) is 0 Å². The van der Waals surface area contributed by atoms with Crippen LogP contribution < -0.4 is 5.32 Å². The minimum atomic E-state index is 0.157. The monoisotopic (exact) mass is 281 g/mol. The number of rotatable bonds is 3. The summed E-state index contributed by atoms with van der Waals surface area (Å²) >= 11 is 0. The molecule has 0 aromatic carbocycles. The van der Waals surface area contributed by atoms with Crippen LogP contribution in [0.25, 0.3) is 0 Å². The molecule has 1 aliphatic carbocycles. The Morgan fingerprint density at radius 2 is 1.90 bits per heavy atom. The smallest absolute Gasteiger partial charge is 0.317 e. The van der Waals surface area contributed by atoms with E-state index in [1.165, 1.54) is 0 Å². The maximum absolute atomic E-state index is 12.2. The lowest BCUT2D eigenvalue weighted by Gasteiger charge is -2.38. The quantitative estimate of drug-likeness (QED) is 0.851. The van der Waals surface area contributed by atoms with Crippen LogP contribution in [0.4, 0.5) is 4.79 Å². The van der Waals surface area contributed by atoms with Crippen molar-refractivity contribution in [1.82, 2.24) is 15.1 Å². The van der Waals surface area contributed by atoms with Crippen molar-refractivity contribution in [3.63, 3.8) is 0 Å². The van der Waals surface area contributed by atoms with E-state index in [-0.39, 0.29) is 6.03 Å². The van der Waals surface area contributed by atoms with E-state index in [2.05, 4.69) is 29.0 Å². The molecule has 3 atom stereocenters. The molecule has 1 saturated carbocycles. The maximum Gasteiger partial charge on any atom is 0.317 e. The van der Waals surface area contributed by atoms with Gasteiger partial charge in [-0.15, -0.1) is 0 Å². The zero-order valence-corrected chi connectivity index (χ0v) is 12.7. The summed E-state index contributed by atoms with van der Waals surface area (Å²) < 4.78 is 5.78. The number of ether oxygens (including phenoxy) is 1. The molecule has 114 valence electrons. The number of carbonyl (C=O) groups is 1. The molecule has 2 saturated heterocycles. The van der Waals surface area contributed by atoms with Gasteiger partial charge in [0.05, 0.1) is 12.2 Å². The summed E-state index contributed by atoms with van der Waals surface area (Å²) in [6, 6.07) is 0.989. The summed E-state index contributed by atoms with van der Waals surface area (Å²) in [6.07, 6.45) is 5.19. The van der Waals surface area contributed by atoms with Gasteiger partial charge in [0.15, 0.2) is 0 Å². The summed E-state index contributed by atoms with van der Waals surface area (Å²) in [5, 5.41) is 3.12. The lowest BCUT2D eigenvalue weighted by atomic mass is 10.1. The molecule has 3 fully saturated rings. The van der Waals surface area contributed by atoms with E-state index in [9.17, 15) is 4.79 Å². The number of hydrogen-bond acceptors (Lipinski definition) is 3. The summed E-state index contributed by atoms with van der Waals surface area (Å²) in [5.74, 6) is 0. The minimum absolute atomic E-state index is 0.157. The molecule has 5 heteroatoms. The number of morpholine rings is 1. The highest BCUT2D eigenvalue weighted by Gasteiger charge is 2.34. The third kappa shape index (κ3) is 3.44. The van der Waals surface area contributed by atoms with Gasteiger partial charge in [0.2, 0.25) is 0 Å².